The first-order chi connectivity index (χ1) is 11.4. The Balaban J connectivity index is 3.13. The molecule has 0 aliphatic heterocycles. The van der Waals surface area contributed by atoms with Gasteiger partial charge in [-0.25, -0.2) is 0 Å². The minimum atomic E-state index is 1.26. The lowest BCUT2D eigenvalue weighted by molar-refractivity contribution is 0.610. The summed E-state index contributed by atoms with van der Waals surface area (Å²) >= 11 is 0. The van der Waals surface area contributed by atoms with Gasteiger partial charge in [-0.15, -0.1) is 0 Å². The number of allylic oxidation sites excluding steroid dienone is 4. The Bertz CT molecular complexity index is 223. The van der Waals surface area contributed by atoms with Crippen molar-refractivity contribution in [3.63, 3.8) is 0 Å². The smallest absolute Gasteiger partial charge is 0.0348 e. The van der Waals surface area contributed by atoms with Crippen LogP contribution in [0.5, 0.6) is 0 Å². The van der Waals surface area contributed by atoms with Gasteiger partial charge in [-0.1, -0.05) is 102 Å². The molecule has 23 heavy (non-hydrogen) atoms. The van der Waals surface area contributed by atoms with Crippen molar-refractivity contribution >= 4 is 0 Å². The van der Waals surface area contributed by atoms with Crippen LogP contribution in [-0.4, -0.2) is 0 Å². The number of rotatable bonds is 18. The van der Waals surface area contributed by atoms with Gasteiger partial charge in [-0.3, -0.25) is 0 Å². The van der Waals surface area contributed by atoms with E-state index < -0.39 is 0 Å². The van der Waals surface area contributed by atoms with Gasteiger partial charge in [-0.2, -0.15) is 0 Å². The molecule has 0 heteroatoms. The molecular weight excluding hydrogens is 276 g/mol. The maximum Gasteiger partial charge on any atom is -0.0348 e. The second kappa shape index (κ2) is 21.5. The van der Waals surface area contributed by atoms with Gasteiger partial charge >= 0.3 is 0 Å². The van der Waals surface area contributed by atoms with E-state index in [1.165, 1.54) is 109 Å². The van der Waals surface area contributed by atoms with Gasteiger partial charge in [0.05, 0.1) is 0 Å². The van der Waals surface area contributed by atoms with Crippen molar-refractivity contribution in [1.82, 2.24) is 0 Å². The predicted octanol–water partition coefficient (Wildman–Crippen LogP) is 8.77. The van der Waals surface area contributed by atoms with Crippen molar-refractivity contribution in [2.24, 2.45) is 0 Å². The average Bonchev–Trinajstić information content (AvgIpc) is 2.57. The monoisotopic (exact) mass is 320 g/mol. The summed E-state index contributed by atoms with van der Waals surface area (Å²) < 4.78 is 0. The van der Waals surface area contributed by atoms with Crippen molar-refractivity contribution < 1.29 is 0 Å². The zero-order valence-electron chi connectivity index (χ0n) is 16.3. The Hall–Kier alpha value is -0.520. The highest BCUT2D eigenvalue weighted by atomic mass is 14.0. The third kappa shape index (κ3) is 21.5. The summed E-state index contributed by atoms with van der Waals surface area (Å²) in [7, 11) is 0. The summed E-state index contributed by atoms with van der Waals surface area (Å²) in [5.74, 6) is 0. The Morgan fingerprint density at radius 1 is 0.348 bits per heavy atom. The lowest BCUT2D eigenvalue weighted by Crippen LogP contribution is -1.78. The molecule has 0 radical (unpaired) electrons. The van der Waals surface area contributed by atoms with E-state index in [0.717, 1.165) is 0 Å². The zero-order valence-corrected chi connectivity index (χ0v) is 16.3. The second-order valence-corrected chi connectivity index (χ2v) is 6.99. The standard InChI is InChI=1S/C23H44/c1-3-5-7-9-11-13-15-17-19-21-23-22-20-18-16-14-12-10-8-6-4-2/h17-20H,3-16,21-23H2,1-2H3/b19-17-,20-18-. The normalized spacial score (nSPS) is 11.9. The van der Waals surface area contributed by atoms with Gasteiger partial charge in [0.1, 0.15) is 0 Å². The first kappa shape index (κ1) is 22.5. The molecular formula is C23H44. The molecule has 0 amide bonds. The summed E-state index contributed by atoms with van der Waals surface area (Å²) in [5.41, 5.74) is 0. The molecule has 0 atom stereocenters. The summed E-state index contributed by atoms with van der Waals surface area (Å²) in [6, 6.07) is 0. The molecule has 0 spiro atoms. The molecule has 0 nitrogen and oxygen atoms in total. The Morgan fingerprint density at radius 2 is 0.652 bits per heavy atom. The molecule has 0 aliphatic rings. The van der Waals surface area contributed by atoms with E-state index >= 15 is 0 Å². The van der Waals surface area contributed by atoms with Crippen LogP contribution >= 0.6 is 0 Å². The van der Waals surface area contributed by atoms with E-state index in [-0.39, 0.29) is 0 Å². The van der Waals surface area contributed by atoms with Crippen molar-refractivity contribution in [3.8, 4) is 0 Å². The average molecular weight is 321 g/mol. The summed E-state index contributed by atoms with van der Waals surface area (Å²) in [5, 5.41) is 0. The van der Waals surface area contributed by atoms with Crippen molar-refractivity contribution in [1.29, 1.82) is 0 Å². The van der Waals surface area contributed by atoms with E-state index in [9.17, 15) is 0 Å². The van der Waals surface area contributed by atoms with Crippen LogP contribution in [0.4, 0.5) is 0 Å². The SMILES string of the molecule is CCCCCCCC/C=C\CCC/C=C\CCCCCCCC. The minimum absolute atomic E-state index is 1.26. The van der Waals surface area contributed by atoms with Crippen molar-refractivity contribution in [2.45, 2.75) is 123 Å². The quantitative estimate of drug-likeness (QED) is 0.175. The molecule has 0 aromatic rings. The van der Waals surface area contributed by atoms with Crippen LogP contribution in [0.15, 0.2) is 24.3 Å². The number of hydrogen-bond acceptors (Lipinski definition) is 0. The molecule has 0 N–H and O–H groups in total. The Morgan fingerprint density at radius 3 is 1.04 bits per heavy atom. The van der Waals surface area contributed by atoms with Crippen LogP contribution in [0.1, 0.15) is 123 Å². The number of hydrogen-bond donors (Lipinski definition) is 0. The largest absolute Gasteiger partial charge is 0.0885 e. The van der Waals surface area contributed by atoms with Crippen molar-refractivity contribution in [3.05, 3.63) is 24.3 Å². The highest BCUT2D eigenvalue weighted by molar-refractivity contribution is 4.85. The highest BCUT2D eigenvalue weighted by Crippen LogP contribution is 2.09. The van der Waals surface area contributed by atoms with Gasteiger partial charge in [0.2, 0.25) is 0 Å². The van der Waals surface area contributed by atoms with Gasteiger partial charge in [0.15, 0.2) is 0 Å². The van der Waals surface area contributed by atoms with Crippen LogP contribution in [0.2, 0.25) is 0 Å². The van der Waals surface area contributed by atoms with Gasteiger partial charge in [0.25, 0.3) is 0 Å². The first-order valence-electron chi connectivity index (χ1n) is 10.7. The Labute approximate surface area is 147 Å². The second-order valence-electron chi connectivity index (χ2n) is 6.99. The summed E-state index contributed by atoms with van der Waals surface area (Å²) in [4.78, 5) is 0. The third-order valence-corrected chi connectivity index (χ3v) is 4.52. The predicted molar refractivity (Wildman–Crippen MR) is 108 cm³/mol. The molecule has 0 aromatic carbocycles. The highest BCUT2D eigenvalue weighted by Gasteiger charge is 1.89. The van der Waals surface area contributed by atoms with E-state index in [0.29, 0.717) is 0 Å². The molecule has 136 valence electrons. The minimum Gasteiger partial charge on any atom is -0.0885 e. The molecule has 0 saturated heterocycles. The molecule has 0 heterocycles. The molecule has 0 fully saturated rings. The van der Waals surface area contributed by atoms with Crippen LogP contribution in [0.25, 0.3) is 0 Å². The fraction of sp³-hybridized carbons (Fsp3) is 0.826. The molecule has 0 saturated carbocycles. The lowest BCUT2D eigenvalue weighted by atomic mass is 10.1. The topological polar surface area (TPSA) is 0 Å². The van der Waals surface area contributed by atoms with Gasteiger partial charge in [-0.05, 0) is 44.9 Å². The fourth-order valence-corrected chi connectivity index (χ4v) is 2.91. The zero-order chi connectivity index (χ0) is 16.8. The molecule has 0 aromatic heterocycles. The van der Waals surface area contributed by atoms with E-state index in [1.54, 1.807) is 0 Å². The van der Waals surface area contributed by atoms with E-state index in [2.05, 4.69) is 38.2 Å². The van der Waals surface area contributed by atoms with E-state index in [1.807, 2.05) is 0 Å². The van der Waals surface area contributed by atoms with Crippen LogP contribution < -0.4 is 0 Å². The lowest BCUT2D eigenvalue weighted by Gasteiger charge is -1.98. The number of unbranched alkanes of at least 4 members (excludes halogenated alkanes) is 14. The fourth-order valence-electron chi connectivity index (χ4n) is 2.91. The molecule has 0 rings (SSSR count). The maximum absolute atomic E-state index is 2.40. The Kier molecular flexibility index (Phi) is 21.0. The van der Waals surface area contributed by atoms with Gasteiger partial charge in [0, 0.05) is 0 Å². The molecule has 0 bridgehead atoms. The summed E-state index contributed by atoms with van der Waals surface area (Å²) in [6.45, 7) is 4.57. The summed E-state index contributed by atoms with van der Waals surface area (Å²) in [6.07, 6.45) is 32.9. The van der Waals surface area contributed by atoms with Crippen LogP contribution in [-0.2, 0) is 0 Å². The van der Waals surface area contributed by atoms with Crippen LogP contribution in [0, 0.1) is 0 Å². The van der Waals surface area contributed by atoms with Gasteiger partial charge < -0.3 is 0 Å². The molecule has 0 unspecified atom stereocenters. The third-order valence-electron chi connectivity index (χ3n) is 4.52. The van der Waals surface area contributed by atoms with Crippen molar-refractivity contribution in [2.75, 3.05) is 0 Å². The molecule has 0 aliphatic carbocycles. The first-order valence-corrected chi connectivity index (χ1v) is 10.7. The maximum atomic E-state index is 2.40. The van der Waals surface area contributed by atoms with E-state index in [4.69, 9.17) is 0 Å². The van der Waals surface area contributed by atoms with Crippen LogP contribution in [0.3, 0.4) is 0 Å².